The predicted molar refractivity (Wildman–Crippen MR) is 69.7 cm³/mol. The molecule has 0 radical (unpaired) electrons. The van der Waals surface area contributed by atoms with Gasteiger partial charge < -0.3 is 10.1 Å². The van der Waals surface area contributed by atoms with Crippen LogP contribution in [0, 0.1) is 0 Å². The van der Waals surface area contributed by atoms with E-state index < -0.39 is 6.36 Å². The summed E-state index contributed by atoms with van der Waals surface area (Å²) in [6.45, 7) is 0.440. The molecule has 1 amide bonds. The molecular weight excluding hydrogens is 283 g/mol. The van der Waals surface area contributed by atoms with Gasteiger partial charge in [0.15, 0.2) is 0 Å². The SMILES string of the molecule is O=C1NCc2ccc(-c3ccccc3OC(F)(F)F)cc21. The number of ether oxygens (including phenoxy) is 1. The number of hydrogen-bond donors (Lipinski definition) is 1. The Kier molecular flexibility index (Phi) is 3.08. The Morgan fingerprint density at radius 1 is 1.05 bits per heavy atom. The average molecular weight is 293 g/mol. The third-order valence-electron chi connectivity index (χ3n) is 3.22. The van der Waals surface area contributed by atoms with Gasteiger partial charge in [0.1, 0.15) is 5.75 Å². The first-order chi connectivity index (χ1) is 9.94. The number of rotatable bonds is 2. The zero-order chi connectivity index (χ0) is 15.0. The van der Waals surface area contributed by atoms with Crippen LogP contribution in [-0.2, 0) is 6.54 Å². The second-order valence-corrected chi connectivity index (χ2v) is 4.60. The summed E-state index contributed by atoms with van der Waals surface area (Å²) in [6, 6.07) is 10.8. The van der Waals surface area contributed by atoms with Crippen LogP contribution in [0.5, 0.6) is 5.75 Å². The molecule has 0 aliphatic carbocycles. The lowest BCUT2D eigenvalue weighted by Crippen LogP contribution is -2.17. The number of benzene rings is 2. The van der Waals surface area contributed by atoms with Crippen LogP contribution in [0.25, 0.3) is 11.1 Å². The Morgan fingerprint density at radius 2 is 1.81 bits per heavy atom. The smallest absolute Gasteiger partial charge is 0.405 e. The van der Waals surface area contributed by atoms with Gasteiger partial charge in [-0.05, 0) is 23.3 Å². The topological polar surface area (TPSA) is 38.3 Å². The first-order valence-corrected chi connectivity index (χ1v) is 6.20. The summed E-state index contributed by atoms with van der Waals surface area (Å²) in [5.74, 6) is -0.510. The molecular formula is C15H10F3NO2. The molecule has 2 aromatic rings. The second kappa shape index (κ2) is 4.80. The number of carbonyl (C=O) groups excluding carboxylic acids is 1. The fraction of sp³-hybridized carbons (Fsp3) is 0.133. The summed E-state index contributed by atoms with van der Waals surface area (Å²) >= 11 is 0. The van der Waals surface area contributed by atoms with Crippen molar-refractivity contribution in [3.05, 3.63) is 53.6 Å². The lowest BCUT2D eigenvalue weighted by Gasteiger charge is -2.13. The summed E-state index contributed by atoms with van der Waals surface area (Å²) in [4.78, 5) is 11.6. The Balaban J connectivity index is 2.05. The molecule has 1 aliphatic rings. The molecule has 0 aromatic heterocycles. The molecule has 0 spiro atoms. The van der Waals surface area contributed by atoms with Crippen molar-refractivity contribution in [2.45, 2.75) is 12.9 Å². The standard InChI is InChI=1S/C15H10F3NO2/c16-15(17,18)21-13-4-2-1-3-11(13)9-5-6-10-8-19-14(20)12(10)7-9/h1-7H,8H2,(H,19,20). The molecule has 0 atom stereocenters. The van der Waals surface area contributed by atoms with Crippen LogP contribution in [-0.4, -0.2) is 12.3 Å². The molecule has 6 heteroatoms. The van der Waals surface area contributed by atoms with E-state index in [4.69, 9.17) is 0 Å². The normalized spacial score (nSPS) is 13.8. The number of nitrogens with one attached hydrogen (secondary N) is 1. The first kappa shape index (κ1) is 13.5. The maximum Gasteiger partial charge on any atom is 0.573 e. The van der Waals surface area contributed by atoms with Crippen molar-refractivity contribution in [3.63, 3.8) is 0 Å². The maximum absolute atomic E-state index is 12.4. The maximum atomic E-state index is 12.4. The Bertz CT molecular complexity index is 710. The summed E-state index contributed by atoms with van der Waals surface area (Å²) in [7, 11) is 0. The highest BCUT2D eigenvalue weighted by Gasteiger charge is 2.32. The first-order valence-electron chi connectivity index (χ1n) is 6.20. The quantitative estimate of drug-likeness (QED) is 0.920. The molecule has 1 heterocycles. The highest BCUT2D eigenvalue weighted by Crippen LogP contribution is 2.35. The van der Waals surface area contributed by atoms with E-state index in [-0.39, 0.29) is 17.2 Å². The van der Waals surface area contributed by atoms with Crippen molar-refractivity contribution >= 4 is 5.91 Å². The Hall–Kier alpha value is -2.50. The van der Waals surface area contributed by atoms with E-state index in [1.165, 1.54) is 18.2 Å². The number of para-hydroxylation sites is 1. The van der Waals surface area contributed by atoms with Gasteiger partial charge in [-0.2, -0.15) is 0 Å². The van der Waals surface area contributed by atoms with E-state index in [0.717, 1.165) is 5.56 Å². The van der Waals surface area contributed by atoms with E-state index in [9.17, 15) is 18.0 Å². The fourth-order valence-corrected chi connectivity index (χ4v) is 2.30. The lowest BCUT2D eigenvalue weighted by molar-refractivity contribution is -0.274. The van der Waals surface area contributed by atoms with Crippen LogP contribution in [0.3, 0.4) is 0 Å². The van der Waals surface area contributed by atoms with E-state index in [2.05, 4.69) is 10.1 Å². The molecule has 3 nitrogen and oxygen atoms in total. The van der Waals surface area contributed by atoms with Gasteiger partial charge in [-0.15, -0.1) is 13.2 Å². The Labute approximate surface area is 118 Å². The van der Waals surface area contributed by atoms with Crippen LogP contribution >= 0.6 is 0 Å². The molecule has 0 saturated carbocycles. The van der Waals surface area contributed by atoms with Gasteiger partial charge in [0.2, 0.25) is 0 Å². The highest BCUT2D eigenvalue weighted by atomic mass is 19.4. The van der Waals surface area contributed by atoms with Gasteiger partial charge in [-0.25, -0.2) is 0 Å². The molecule has 0 bridgehead atoms. The molecule has 21 heavy (non-hydrogen) atoms. The van der Waals surface area contributed by atoms with E-state index in [0.29, 0.717) is 17.7 Å². The largest absolute Gasteiger partial charge is 0.573 e. The average Bonchev–Trinajstić information content (AvgIpc) is 2.79. The third kappa shape index (κ3) is 2.69. The monoisotopic (exact) mass is 293 g/mol. The summed E-state index contributed by atoms with van der Waals surface area (Å²) in [5.41, 5.74) is 2.11. The zero-order valence-electron chi connectivity index (χ0n) is 10.7. The fourth-order valence-electron chi connectivity index (χ4n) is 2.30. The molecule has 0 unspecified atom stereocenters. The van der Waals surface area contributed by atoms with Gasteiger partial charge in [-0.1, -0.05) is 30.3 Å². The van der Waals surface area contributed by atoms with Crippen molar-refractivity contribution in [2.24, 2.45) is 0 Å². The van der Waals surface area contributed by atoms with Crippen molar-refractivity contribution in [3.8, 4) is 16.9 Å². The van der Waals surface area contributed by atoms with Crippen LogP contribution in [0.15, 0.2) is 42.5 Å². The van der Waals surface area contributed by atoms with Crippen molar-refractivity contribution < 1.29 is 22.7 Å². The summed E-state index contributed by atoms with van der Waals surface area (Å²) in [5, 5.41) is 2.67. The molecule has 108 valence electrons. The Morgan fingerprint density at radius 3 is 2.57 bits per heavy atom. The molecule has 1 N–H and O–H groups in total. The molecule has 2 aromatic carbocycles. The van der Waals surface area contributed by atoms with Gasteiger partial charge in [0.25, 0.3) is 5.91 Å². The highest BCUT2D eigenvalue weighted by molar-refractivity contribution is 5.99. The van der Waals surface area contributed by atoms with E-state index in [1.807, 2.05) is 0 Å². The summed E-state index contributed by atoms with van der Waals surface area (Å²) < 4.78 is 41.3. The number of amides is 1. The summed E-state index contributed by atoms with van der Waals surface area (Å²) in [6.07, 6.45) is -4.76. The van der Waals surface area contributed by atoms with Crippen LogP contribution in [0.4, 0.5) is 13.2 Å². The van der Waals surface area contributed by atoms with Crippen molar-refractivity contribution in [1.82, 2.24) is 5.32 Å². The van der Waals surface area contributed by atoms with Gasteiger partial charge in [-0.3, -0.25) is 4.79 Å². The third-order valence-corrected chi connectivity index (χ3v) is 3.22. The van der Waals surface area contributed by atoms with Crippen molar-refractivity contribution in [2.75, 3.05) is 0 Å². The molecule has 1 aliphatic heterocycles. The number of fused-ring (bicyclic) bond motifs is 1. The van der Waals surface area contributed by atoms with Crippen LogP contribution in [0.1, 0.15) is 15.9 Å². The minimum absolute atomic E-state index is 0.221. The molecule has 3 rings (SSSR count). The van der Waals surface area contributed by atoms with Crippen LogP contribution in [0.2, 0.25) is 0 Å². The van der Waals surface area contributed by atoms with E-state index in [1.54, 1.807) is 24.3 Å². The second-order valence-electron chi connectivity index (χ2n) is 4.60. The van der Waals surface area contributed by atoms with E-state index >= 15 is 0 Å². The van der Waals surface area contributed by atoms with Gasteiger partial charge >= 0.3 is 6.36 Å². The molecule has 0 fully saturated rings. The number of hydrogen-bond acceptors (Lipinski definition) is 2. The van der Waals surface area contributed by atoms with Crippen molar-refractivity contribution in [1.29, 1.82) is 0 Å². The number of carbonyl (C=O) groups is 1. The minimum Gasteiger partial charge on any atom is -0.405 e. The van der Waals surface area contributed by atoms with Crippen LogP contribution < -0.4 is 10.1 Å². The minimum atomic E-state index is -4.76. The zero-order valence-corrected chi connectivity index (χ0v) is 10.7. The van der Waals surface area contributed by atoms with Gasteiger partial charge in [0.05, 0.1) is 0 Å². The lowest BCUT2D eigenvalue weighted by atomic mass is 10.00. The number of halogens is 3. The predicted octanol–water partition coefficient (Wildman–Crippen LogP) is 3.50. The number of alkyl halides is 3. The van der Waals surface area contributed by atoms with Gasteiger partial charge in [0, 0.05) is 17.7 Å². The molecule has 0 saturated heterocycles.